The van der Waals surface area contributed by atoms with Gasteiger partial charge in [0.25, 0.3) is 5.91 Å². The first-order valence-electron chi connectivity index (χ1n) is 11.6. The molecule has 0 radical (unpaired) electrons. The van der Waals surface area contributed by atoms with Gasteiger partial charge < -0.3 is 15.3 Å². The fourth-order valence-electron chi connectivity index (χ4n) is 4.20. The summed E-state index contributed by atoms with van der Waals surface area (Å²) in [4.78, 5) is 19.0. The van der Waals surface area contributed by atoms with Crippen LogP contribution in [0.1, 0.15) is 34.3 Å². The van der Waals surface area contributed by atoms with Gasteiger partial charge in [0.05, 0.1) is 22.3 Å². The third-order valence-electron chi connectivity index (χ3n) is 6.14. The quantitative estimate of drug-likeness (QED) is 0.310. The van der Waals surface area contributed by atoms with E-state index in [4.69, 9.17) is 5.41 Å². The molecular formula is C28H26N4O2S. The zero-order valence-electron chi connectivity index (χ0n) is 19.4. The Morgan fingerprint density at radius 3 is 2.54 bits per heavy atom. The first-order chi connectivity index (χ1) is 17.0. The molecule has 3 aromatic carbocycles. The molecule has 1 unspecified atom stereocenters. The van der Waals surface area contributed by atoms with E-state index < -0.39 is 0 Å². The number of amidine groups is 1. The second-order valence-electron chi connectivity index (χ2n) is 8.69. The van der Waals surface area contributed by atoms with Crippen molar-refractivity contribution in [2.45, 2.75) is 25.8 Å². The molecule has 0 fully saturated rings. The first-order valence-corrected chi connectivity index (χ1v) is 12.4. The van der Waals surface area contributed by atoms with Gasteiger partial charge >= 0.3 is 0 Å². The van der Waals surface area contributed by atoms with Gasteiger partial charge in [-0.1, -0.05) is 42.5 Å². The number of hydrogen-bond donors (Lipinski definition) is 3. The van der Waals surface area contributed by atoms with Crippen LogP contribution in [0.5, 0.6) is 0 Å². The van der Waals surface area contributed by atoms with Crippen LogP contribution in [0, 0.1) is 5.41 Å². The second-order valence-corrected chi connectivity index (χ2v) is 9.72. The zero-order chi connectivity index (χ0) is 24.4. The molecule has 0 saturated carbocycles. The maximum absolute atomic E-state index is 12.7. The average Bonchev–Trinajstić information content (AvgIpc) is 3.43. The summed E-state index contributed by atoms with van der Waals surface area (Å²) in [6.45, 7) is 2.21. The summed E-state index contributed by atoms with van der Waals surface area (Å²) < 4.78 is 1.02. The number of nitrogens with zero attached hydrogens (tertiary/aromatic N) is 2. The number of benzene rings is 3. The molecule has 0 aliphatic carbocycles. The van der Waals surface area contributed by atoms with Crippen molar-refractivity contribution in [3.05, 3.63) is 101 Å². The van der Waals surface area contributed by atoms with E-state index in [0.717, 1.165) is 28.7 Å². The lowest BCUT2D eigenvalue weighted by molar-refractivity contribution is 0.0938. The van der Waals surface area contributed by atoms with Gasteiger partial charge in [0.1, 0.15) is 16.6 Å². The highest BCUT2D eigenvalue weighted by Crippen LogP contribution is 2.35. The monoisotopic (exact) mass is 482 g/mol. The molecule has 35 heavy (non-hydrogen) atoms. The van der Waals surface area contributed by atoms with Gasteiger partial charge in [0.2, 0.25) is 0 Å². The highest BCUT2D eigenvalue weighted by molar-refractivity contribution is 7.19. The lowest BCUT2D eigenvalue weighted by Gasteiger charge is -2.19. The molecular weight excluding hydrogens is 456 g/mol. The van der Waals surface area contributed by atoms with Gasteiger partial charge in [-0.05, 0) is 61.7 Å². The van der Waals surface area contributed by atoms with Crippen molar-refractivity contribution in [1.29, 1.82) is 5.41 Å². The van der Waals surface area contributed by atoms with Crippen LogP contribution in [0.15, 0.2) is 84.6 Å². The molecule has 176 valence electrons. The summed E-state index contributed by atoms with van der Waals surface area (Å²) in [5.74, 6) is 0.209. The van der Waals surface area contributed by atoms with E-state index in [0.29, 0.717) is 16.1 Å². The van der Waals surface area contributed by atoms with Gasteiger partial charge in [-0.2, -0.15) is 0 Å². The maximum Gasteiger partial charge on any atom is 0.251 e. The third kappa shape index (κ3) is 4.81. The molecule has 0 bridgehead atoms. The minimum Gasteiger partial charge on any atom is -0.510 e. The van der Waals surface area contributed by atoms with Gasteiger partial charge in [0.15, 0.2) is 0 Å². The number of para-hydroxylation sites is 1. The highest BCUT2D eigenvalue weighted by atomic mass is 32.1. The number of nitrogens with one attached hydrogen (secondary N) is 2. The predicted octanol–water partition coefficient (Wildman–Crippen LogP) is 5.81. The number of aliphatic hydroxyl groups excluding tert-OH is 1. The number of hydrogen-bond acceptors (Lipinski definition) is 5. The predicted molar refractivity (Wildman–Crippen MR) is 142 cm³/mol. The van der Waals surface area contributed by atoms with Crippen LogP contribution in [0.25, 0.3) is 15.8 Å². The Hall–Kier alpha value is -3.97. The summed E-state index contributed by atoms with van der Waals surface area (Å²) in [6, 6.07) is 25.2. The Bertz CT molecular complexity index is 1380. The molecule has 3 N–H and O–H groups in total. The number of thiazole rings is 1. The normalized spacial score (nSPS) is 14.5. The number of carbonyl (C=O) groups excluding carboxylic acids is 1. The smallest absolute Gasteiger partial charge is 0.251 e. The first kappa shape index (κ1) is 22.8. The Morgan fingerprint density at radius 1 is 1.09 bits per heavy atom. The van der Waals surface area contributed by atoms with E-state index >= 15 is 0 Å². The van der Waals surface area contributed by atoms with E-state index in [1.165, 1.54) is 16.9 Å². The number of aromatic nitrogens is 1. The Kier molecular flexibility index (Phi) is 6.33. The third-order valence-corrected chi connectivity index (χ3v) is 7.19. The second kappa shape index (κ2) is 9.72. The number of aliphatic hydroxyl groups is 1. The zero-order valence-corrected chi connectivity index (χ0v) is 20.2. The van der Waals surface area contributed by atoms with Crippen molar-refractivity contribution < 1.29 is 9.90 Å². The van der Waals surface area contributed by atoms with Crippen LogP contribution in [0.4, 0.5) is 5.69 Å². The minimum atomic E-state index is -0.121. The summed E-state index contributed by atoms with van der Waals surface area (Å²) in [5.41, 5.74) is 3.88. The lowest BCUT2D eigenvalue weighted by Crippen LogP contribution is -2.33. The van der Waals surface area contributed by atoms with E-state index in [1.807, 2.05) is 61.5 Å². The molecule has 0 saturated heterocycles. The van der Waals surface area contributed by atoms with Crippen LogP contribution >= 0.6 is 11.3 Å². The Morgan fingerprint density at radius 2 is 1.80 bits per heavy atom. The molecule has 1 amide bonds. The van der Waals surface area contributed by atoms with Gasteiger partial charge in [-0.3, -0.25) is 10.2 Å². The minimum absolute atomic E-state index is 0.0478. The van der Waals surface area contributed by atoms with Crippen LogP contribution in [0.2, 0.25) is 0 Å². The number of amides is 1. The van der Waals surface area contributed by atoms with E-state index in [9.17, 15) is 9.90 Å². The Balaban J connectivity index is 1.23. The molecule has 1 atom stereocenters. The topological polar surface area (TPSA) is 89.3 Å². The molecule has 1 aliphatic heterocycles. The lowest BCUT2D eigenvalue weighted by atomic mass is 10.1. The Labute approximate surface area is 208 Å². The number of rotatable bonds is 7. The van der Waals surface area contributed by atoms with Gasteiger partial charge in [-0.25, -0.2) is 4.98 Å². The van der Waals surface area contributed by atoms with E-state index in [1.54, 1.807) is 17.0 Å². The summed E-state index contributed by atoms with van der Waals surface area (Å²) in [7, 11) is 0. The van der Waals surface area contributed by atoms with Crippen molar-refractivity contribution in [3.8, 4) is 0 Å². The molecule has 4 aromatic rings. The van der Waals surface area contributed by atoms with E-state index in [2.05, 4.69) is 22.4 Å². The summed E-state index contributed by atoms with van der Waals surface area (Å²) in [6.07, 6.45) is 1.77. The molecule has 0 spiro atoms. The van der Waals surface area contributed by atoms with Crippen LogP contribution < -0.4 is 10.2 Å². The van der Waals surface area contributed by atoms with Crippen LogP contribution in [0.3, 0.4) is 0 Å². The number of fused-ring (bicyclic) bond motifs is 1. The molecule has 5 rings (SSSR count). The highest BCUT2D eigenvalue weighted by Gasteiger charge is 2.31. The molecule has 7 heteroatoms. The molecule has 1 aliphatic rings. The number of carbonyl (C=O) groups is 1. The summed E-state index contributed by atoms with van der Waals surface area (Å²) >= 11 is 1.46. The van der Waals surface area contributed by atoms with Crippen molar-refractivity contribution in [3.63, 3.8) is 0 Å². The molecule has 2 heterocycles. The fourth-order valence-corrected chi connectivity index (χ4v) is 5.24. The van der Waals surface area contributed by atoms with Gasteiger partial charge in [0, 0.05) is 17.3 Å². The SMILES string of the molecule is CC(CCc1ccccc1)NC(=O)c1ccc(N2CC(O)=C(c3nc4ccccc4s3)C2=N)cc1. The summed E-state index contributed by atoms with van der Waals surface area (Å²) in [5, 5.41) is 23.0. The van der Waals surface area contributed by atoms with E-state index in [-0.39, 0.29) is 30.1 Å². The number of anilines is 1. The van der Waals surface area contributed by atoms with Crippen LogP contribution in [-0.2, 0) is 6.42 Å². The van der Waals surface area contributed by atoms with Gasteiger partial charge in [-0.15, -0.1) is 11.3 Å². The largest absolute Gasteiger partial charge is 0.510 e. The van der Waals surface area contributed by atoms with Crippen molar-refractivity contribution in [2.24, 2.45) is 0 Å². The van der Waals surface area contributed by atoms with Crippen LogP contribution in [-0.4, -0.2) is 34.4 Å². The van der Waals surface area contributed by atoms with Crippen molar-refractivity contribution in [1.82, 2.24) is 10.3 Å². The number of aryl methyl sites for hydroxylation is 1. The average molecular weight is 483 g/mol. The van der Waals surface area contributed by atoms with Crippen molar-refractivity contribution >= 4 is 44.6 Å². The molecule has 1 aromatic heterocycles. The van der Waals surface area contributed by atoms with Crippen molar-refractivity contribution in [2.75, 3.05) is 11.4 Å². The molecule has 6 nitrogen and oxygen atoms in total. The fraction of sp³-hybridized carbons (Fsp3) is 0.179. The maximum atomic E-state index is 12.7. The standard InChI is InChI=1S/C28H26N4O2S/c1-18(11-12-19-7-3-2-4-8-19)30-27(34)20-13-15-21(16-14-20)32-17-23(33)25(26(32)29)28-31-22-9-5-6-10-24(22)35-28/h2-10,13-16,18,29,33H,11-12,17H2,1H3,(H,30,34).